The average Bonchev–Trinajstić information content (AvgIpc) is 2.62. The Balaban J connectivity index is 1.85. The molecule has 1 aromatic heterocycles. The number of nitrogens with zero attached hydrogens (tertiary/aromatic N) is 1. The number of carbonyl (C=O) groups is 1. The van der Waals surface area contributed by atoms with Crippen LogP contribution in [0, 0.1) is 5.92 Å². The smallest absolute Gasteiger partial charge is 0.338 e. The molecule has 2 aromatic carbocycles. The van der Waals surface area contributed by atoms with Crippen molar-refractivity contribution in [1.29, 1.82) is 0 Å². The Morgan fingerprint density at radius 3 is 2.44 bits per heavy atom. The van der Waals surface area contributed by atoms with Crippen molar-refractivity contribution in [2.45, 2.75) is 20.3 Å². The molecule has 0 atom stereocenters. The van der Waals surface area contributed by atoms with E-state index in [1.807, 2.05) is 30.3 Å². The zero-order valence-electron chi connectivity index (χ0n) is 14.3. The minimum atomic E-state index is -0.327. The molecule has 25 heavy (non-hydrogen) atoms. The molecule has 5 heteroatoms. The molecule has 0 bridgehead atoms. The van der Waals surface area contributed by atoms with Gasteiger partial charge in [-0.25, -0.2) is 9.89 Å². The third-order valence-electron chi connectivity index (χ3n) is 4.02. The molecule has 3 rings (SSSR count). The van der Waals surface area contributed by atoms with Gasteiger partial charge in [0, 0.05) is 10.9 Å². The van der Waals surface area contributed by atoms with E-state index in [1.54, 1.807) is 18.2 Å². The summed E-state index contributed by atoms with van der Waals surface area (Å²) in [5.74, 6) is 0.168. The number of fused-ring (bicyclic) bond motifs is 1. The molecule has 0 saturated carbocycles. The van der Waals surface area contributed by atoms with Crippen molar-refractivity contribution >= 4 is 16.7 Å². The number of hydrogen-bond donors (Lipinski definition) is 1. The first-order valence-electron chi connectivity index (χ1n) is 8.31. The third kappa shape index (κ3) is 3.76. The van der Waals surface area contributed by atoms with E-state index in [0.717, 1.165) is 17.4 Å². The number of ether oxygens (including phenoxy) is 1. The predicted octanol–water partition coefficient (Wildman–Crippen LogP) is 3.79. The fourth-order valence-electron chi connectivity index (χ4n) is 2.57. The number of H-pyrrole nitrogens is 1. The van der Waals surface area contributed by atoms with Crippen LogP contribution in [0.2, 0.25) is 0 Å². The number of benzene rings is 2. The van der Waals surface area contributed by atoms with E-state index >= 15 is 0 Å². The lowest BCUT2D eigenvalue weighted by atomic mass is 10.0. The minimum Gasteiger partial charge on any atom is -0.462 e. The lowest BCUT2D eigenvalue weighted by Crippen LogP contribution is -2.09. The van der Waals surface area contributed by atoms with Crippen LogP contribution >= 0.6 is 0 Å². The Morgan fingerprint density at radius 1 is 1.08 bits per heavy atom. The molecular weight excluding hydrogens is 316 g/mol. The highest BCUT2D eigenvalue weighted by atomic mass is 16.5. The molecule has 0 saturated heterocycles. The highest BCUT2D eigenvalue weighted by molar-refractivity contribution is 5.95. The number of aromatic amines is 1. The Labute approximate surface area is 145 Å². The Bertz CT molecular complexity index is 943. The van der Waals surface area contributed by atoms with E-state index < -0.39 is 0 Å². The molecule has 0 spiro atoms. The van der Waals surface area contributed by atoms with Crippen molar-refractivity contribution in [2.75, 3.05) is 6.61 Å². The van der Waals surface area contributed by atoms with Gasteiger partial charge >= 0.3 is 5.97 Å². The second-order valence-corrected chi connectivity index (χ2v) is 6.34. The van der Waals surface area contributed by atoms with Gasteiger partial charge in [0.25, 0.3) is 5.56 Å². The van der Waals surface area contributed by atoms with Crippen molar-refractivity contribution in [3.63, 3.8) is 0 Å². The van der Waals surface area contributed by atoms with Crippen molar-refractivity contribution in [3.8, 4) is 11.3 Å². The van der Waals surface area contributed by atoms with Crippen LogP contribution in [0.1, 0.15) is 30.6 Å². The molecule has 3 aromatic rings. The van der Waals surface area contributed by atoms with Gasteiger partial charge in [-0.3, -0.25) is 4.79 Å². The number of nitrogens with one attached hydrogen (secondary N) is 1. The quantitative estimate of drug-likeness (QED) is 0.720. The molecule has 128 valence electrons. The van der Waals surface area contributed by atoms with Crippen LogP contribution in [-0.2, 0) is 4.74 Å². The molecule has 5 nitrogen and oxygen atoms in total. The van der Waals surface area contributed by atoms with Crippen molar-refractivity contribution < 1.29 is 9.53 Å². The summed E-state index contributed by atoms with van der Waals surface area (Å²) in [7, 11) is 0. The van der Waals surface area contributed by atoms with E-state index in [-0.39, 0.29) is 11.5 Å². The summed E-state index contributed by atoms with van der Waals surface area (Å²) in [5, 5.41) is 8.05. The summed E-state index contributed by atoms with van der Waals surface area (Å²) < 4.78 is 5.27. The van der Waals surface area contributed by atoms with Crippen LogP contribution in [0.3, 0.4) is 0 Å². The van der Waals surface area contributed by atoms with Gasteiger partial charge < -0.3 is 4.74 Å². The number of carbonyl (C=O) groups excluding carboxylic acids is 1. The van der Waals surface area contributed by atoms with Gasteiger partial charge in [-0.2, -0.15) is 5.10 Å². The minimum absolute atomic E-state index is 0.218. The second-order valence-electron chi connectivity index (χ2n) is 6.34. The van der Waals surface area contributed by atoms with Gasteiger partial charge in [-0.1, -0.05) is 44.2 Å². The number of rotatable bonds is 5. The van der Waals surface area contributed by atoms with Gasteiger partial charge in [0.15, 0.2) is 0 Å². The van der Waals surface area contributed by atoms with Crippen LogP contribution in [0.4, 0.5) is 0 Å². The molecule has 0 unspecified atom stereocenters. The monoisotopic (exact) mass is 336 g/mol. The first-order valence-corrected chi connectivity index (χ1v) is 8.31. The first-order chi connectivity index (χ1) is 12.1. The Kier molecular flexibility index (Phi) is 4.93. The largest absolute Gasteiger partial charge is 0.462 e. The lowest BCUT2D eigenvalue weighted by molar-refractivity contribution is 0.0488. The van der Waals surface area contributed by atoms with Gasteiger partial charge in [-0.05, 0) is 30.5 Å². The van der Waals surface area contributed by atoms with Gasteiger partial charge in [0.05, 0.1) is 23.3 Å². The topological polar surface area (TPSA) is 72.0 Å². The van der Waals surface area contributed by atoms with Crippen LogP contribution in [0.25, 0.3) is 22.0 Å². The normalized spacial score (nSPS) is 11.0. The summed E-state index contributed by atoms with van der Waals surface area (Å²) in [5.41, 5.74) is 1.78. The molecule has 0 radical (unpaired) electrons. The molecule has 0 fully saturated rings. The fraction of sp³-hybridized carbons (Fsp3) is 0.250. The molecule has 0 aliphatic rings. The SMILES string of the molecule is CC(C)CCOC(=O)c1ccc(-c2n[nH]c(=O)c3ccccc23)cc1. The van der Waals surface area contributed by atoms with Gasteiger partial charge in [0.1, 0.15) is 0 Å². The lowest BCUT2D eigenvalue weighted by Gasteiger charge is -2.08. The zero-order chi connectivity index (χ0) is 17.8. The van der Waals surface area contributed by atoms with Crippen molar-refractivity contribution in [1.82, 2.24) is 10.2 Å². The van der Waals surface area contributed by atoms with Crippen LogP contribution in [-0.4, -0.2) is 22.8 Å². The van der Waals surface area contributed by atoms with E-state index in [9.17, 15) is 9.59 Å². The molecule has 0 aliphatic carbocycles. The summed E-state index contributed by atoms with van der Waals surface area (Å²) in [6.07, 6.45) is 0.844. The van der Waals surface area contributed by atoms with Crippen molar-refractivity contribution in [2.24, 2.45) is 5.92 Å². The summed E-state index contributed by atoms with van der Waals surface area (Å²) >= 11 is 0. The summed E-state index contributed by atoms with van der Waals surface area (Å²) in [6, 6.07) is 14.4. The Morgan fingerprint density at radius 2 is 1.76 bits per heavy atom. The molecular formula is C20H20N2O3. The summed E-state index contributed by atoms with van der Waals surface area (Å²) in [6.45, 7) is 4.60. The standard InChI is InChI=1S/C20H20N2O3/c1-13(2)11-12-25-20(24)15-9-7-14(8-10-15)18-16-5-3-4-6-17(16)19(23)22-21-18/h3-10,13H,11-12H2,1-2H3,(H,22,23). The molecule has 1 heterocycles. The molecule has 1 N–H and O–H groups in total. The van der Waals surface area contributed by atoms with Gasteiger partial charge in [-0.15, -0.1) is 0 Å². The number of esters is 1. The maximum atomic E-state index is 12.0. The maximum absolute atomic E-state index is 12.0. The zero-order valence-corrected chi connectivity index (χ0v) is 14.3. The first kappa shape index (κ1) is 16.9. The third-order valence-corrected chi connectivity index (χ3v) is 4.02. The highest BCUT2D eigenvalue weighted by Gasteiger charge is 2.11. The van der Waals surface area contributed by atoms with Crippen LogP contribution in [0.15, 0.2) is 53.3 Å². The predicted molar refractivity (Wildman–Crippen MR) is 97.5 cm³/mol. The van der Waals surface area contributed by atoms with Crippen LogP contribution in [0.5, 0.6) is 0 Å². The van der Waals surface area contributed by atoms with E-state index in [1.165, 1.54) is 0 Å². The van der Waals surface area contributed by atoms with Crippen LogP contribution < -0.4 is 5.56 Å². The number of hydrogen-bond acceptors (Lipinski definition) is 4. The van der Waals surface area contributed by atoms with E-state index in [4.69, 9.17) is 4.74 Å². The second kappa shape index (κ2) is 7.30. The number of aromatic nitrogens is 2. The summed E-state index contributed by atoms with van der Waals surface area (Å²) in [4.78, 5) is 23.9. The highest BCUT2D eigenvalue weighted by Crippen LogP contribution is 2.24. The molecule has 0 amide bonds. The fourth-order valence-corrected chi connectivity index (χ4v) is 2.57. The molecule has 0 aliphatic heterocycles. The maximum Gasteiger partial charge on any atom is 0.338 e. The van der Waals surface area contributed by atoms with E-state index in [0.29, 0.717) is 29.2 Å². The van der Waals surface area contributed by atoms with Gasteiger partial charge in [0.2, 0.25) is 0 Å². The van der Waals surface area contributed by atoms with E-state index in [2.05, 4.69) is 24.0 Å². The average molecular weight is 336 g/mol. The Hall–Kier alpha value is -2.95. The van der Waals surface area contributed by atoms with Crippen molar-refractivity contribution in [3.05, 3.63) is 64.4 Å².